The molecular formula is C20H26ClFN2O3. The number of ether oxygens (including phenoxy) is 2. The number of alkyl halides is 1. The summed E-state index contributed by atoms with van der Waals surface area (Å²) >= 11 is 6.16. The molecule has 5 nitrogen and oxygen atoms in total. The summed E-state index contributed by atoms with van der Waals surface area (Å²) in [5.74, 6) is 0.248. The number of nitrogens with zero attached hydrogens (tertiary/aromatic N) is 2. The Labute approximate surface area is 164 Å². The van der Waals surface area contributed by atoms with Gasteiger partial charge in [-0.2, -0.15) is 5.10 Å². The zero-order valence-electron chi connectivity index (χ0n) is 16.4. The number of rotatable bonds is 7. The molecule has 0 radical (unpaired) electrons. The van der Waals surface area contributed by atoms with E-state index in [1.165, 1.54) is 10.9 Å². The topological polar surface area (TPSA) is 53.4 Å². The third kappa shape index (κ3) is 5.30. The van der Waals surface area contributed by atoms with Crippen molar-refractivity contribution in [3.05, 3.63) is 57.0 Å². The van der Waals surface area contributed by atoms with Gasteiger partial charge in [-0.1, -0.05) is 35.9 Å². The molecule has 0 amide bonds. The molecule has 0 aliphatic heterocycles. The van der Waals surface area contributed by atoms with Crippen molar-refractivity contribution in [3.63, 3.8) is 0 Å². The standard InChI is InChI=1S/C20H26ClFN2O3/c1-19(2,3)24-18(25)17(21)16(12-23-24)26-13-14-6-8-15(9-7-14)20(4,5)27-11-10-22/h6-9,12H,10-11,13H2,1-5H3. The summed E-state index contributed by atoms with van der Waals surface area (Å²) in [7, 11) is 0. The van der Waals surface area contributed by atoms with Gasteiger partial charge in [-0.25, -0.2) is 9.07 Å². The van der Waals surface area contributed by atoms with Gasteiger partial charge in [0.2, 0.25) is 0 Å². The number of hydrogen-bond donors (Lipinski definition) is 0. The van der Waals surface area contributed by atoms with Crippen LogP contribution in [0.4, 0.5) is 4.39 Å². The average Bonchev–Trinajstić information content (AvgIpc) is 2.60. The van der Waals surface area contributed by atoms with E-state index in [1.807, 2.05) is 58.9 Å². The SMILES string of the molecule is CC(C)(OCCF)c1ccc(COc2cnn(C(C)(C)C)c(=O)c2Cl)cc1. The highest BCUT2D eigenvalue weighted by Crippen LogP contribution is 2.26. The second-order valence-corrected chi connectivity index (χ2v) is 8.12. The first-order chi connectivity index (χ1) is 12.6. The van der Waals surface area contributed by atoms with Crippen LogP contribution in [0.25, 0.3) is 0 Å². The van der Waals surface area contributed by atoms with Crippen LogP contribution in [0, 0.1) is 0 Å². The minimum Gasteiger partial charge on any atom is -0.485 e. The van der Waals surface area contributed by atoms with Crippen molar-refractivity contribution in [3.8, 4) is 5.75 Å². The number of halogens is 2. The minimum atomic E-state index is -0.573. The maximum absolute atomic E-state index is 12.3. The molecule has 0 saturated heterocycles. The second-order valence-electron chi connectivity index (χ2n) is 7.74. The maximum Gasteiger partial charge on any atom is 0.289 e. The predicted molar refractivity (Wildman–Crippen MR) is 104 cm³/mol. The van der Waals surface area contributed by atoms with Crippen LogP contribution in [0.15, 0.2) is 35.3 Å². The van der Waals surface area contributed by atoms with Crippen molar-refractivity contribution < 1.29 is 13.9 Å². The van der Waals surface area contributed by atoms with Crippen LogP contribution < -0.4 is 10.3 Å². The van der Waals surface area contributed by atoms with Crippen LogP contribution >= 0.6 is 11.6 Å². The summed E-state index contributed by atoms with van der Waals surface area (Å²) in [6.07, 6.45) is 1.46. The molecule has 0 aliphatic rings. The van der Waals surface area contributed by atoms with Gasteiger partial charge in [0.15, 0.2) is 10.8 Å². The predicted octanol–water partition coefficient (Wildman–Crippen LogP) is 4.45. The molecule has 27 heavy (non-hydrogen) atoms. The van der Waals surface area contributed by atoms with E-state index in [2.05, 4.69) is 5.10 Å². The zero-order chi connectivity index (χ0) is 20.2. The molecule has 2 aromatic rings. The first kappa shape index (κ1) is 21.4. The van der Waals surface area contributed by atoms with Crippen molar-refractivity contribution in [1.82, 2.24) is 9.78 Å². The molecule has 0 bridgehead atoms. The molecule has 2 rings (SSSR count). The van der Waals surface area contributed by atoms with Gasteiger partial charge in [0.1, 0.15) is 13.3 Å². The Kier molecular flexibility index (Phi) is 6.65. The van der Waals surface area contributed by atoms with Gasteiger partial charge in [-0.15, -0.1) is 0 Å². The van der Waals surface area contributed by atoms with Gasteiger partial charge in [0.25, 0.3) is 5.56 Å². The normalized spacial score (nSPS) is 12.3. The molecular weight excluding hydrogens is 371 g/mol. The van der Waals surface area contributed by atoms with Crippen LogP contribution in [-0.4, -0.2) is 23.1 Å². The lowest BCUT2D eigenvalue weighted by Gasteiger charge is -2.25. The fourth-order valence-electron chi connectivity index (χ4n) is 2.54. The van der Waals surface area contributed by atoms with E-state index in [9.17, 15) is 9.18 Å². The summed E-state index contributed by atoms with van der Waals surface area (Å²) < 4.78 is 24.9. The van der Waals surface area contributed by atoms with E-state index in [0.717, 1.165) is 11.1 Å². The Morgan fingerprint density at radius 2 is 1.78 bits per heavy atom. The quantitative estimate of drug-likeness (QED) is 0.693. The first-order valence-electron chi connectivity index (χ1n) is 8.76. The van der Waals surface area contributed by atoms with Crippen molar-refractivity contribution in [2.24, 2.45) is 0 Å². The maximum atomic E-state index is 12.3. The highest BCUT2D eigenvalue weighted by atomic mass is 35.5. The average molecular weight is 397 g/mol. The Balaban J connectivity index is 2.09. The van der Waals surface area contributed by atoms with E-state index in [0.29, 0.717) is 0 Å². The largest absolute Gasteiger partial charge is 0.485 e. The molecule has 0 atom stereocenters. The van der Waals surface area contributed by atoms with Crippen molar-refractivity contribution in [2.45, 2.75) is 52.4 Å². The van der Waals surface area contributed by atoms with Crippen LogP contribution in [0.1, 0.15) is 45.7 Å². The zero-order valence-corrected chi connectivity index (χ0v) is 17.1. The Morgan fingerprint density at radius 3 is 2.33 bits per heavy atom. The van der Waals surface area contributed by atoms with E-state index in [-0.39, 0.29) is 29.5 Å². The van der Waals surface area contributed by atoms with Gasteiger partial charge in [-0.3, -0.25) is 4.79 Å². The number of benzene rings is 1. The third-order valence-electron chi connectivity index (χ3n) is 4.11. The fraction of sp³-hybridized carbons (Fsp3) is 0.500. The summed E-state index contributed by atoms with van der Waals surface area (Å²) in [6.45, 7) is 9.19. The van der Waals surface area contributed by atoms with Gasteiger partial charge in [-0.05, 0) is 45.7 Å². The van der Waals surface area contributed by atoms with E-state index < -0.39 is 17.8 Å². The Morgan fingerprint density at radius 1 is 1.15 bits per heavy atom. The molecule has 0 aliphatic carbocycles. The molecule has 1 heterocycles. The molecule has 0 unspecified atom stereocenters. The number of aromatic nitrogens is 2. The molecule has 0 saturated carbocycles. The van der Waals surface area contributed by atoms with Crippen LogP contribution in [0.2, 0.25) is 5.02 Å². The van der Waals surface area contributed by atoms with Crippen LogP contribution in [-0.2, 0) is 22.5 Å². The van der Waals surface area contributed by atoms with Gasteiger partial charge in [0, 0.05) is 0 Å². The van der Waals surface area contributed by atoms with Crippen molar-refractivity contribution in [1.29, 1.82) is 0 Å². The lowest BCUT2D eigenvalue weighted by molar-refractivity contribution is -0.0272. The molecule has 1 aromatic carbocycles. The van der Waals surface area contributed by atoms with Crippen molar-refractivity contribution in [2.75, 3.05) is 13.3 Å². The molecule has 1 aromatic heterocycles. The van der Waals surface area contributed by atoms with E-state index >= 15 is 0 Å². The van der Waals surface area contributed by atoms with E-state index in [4.69, 9.17) is 21.1 Å². The lowest BCUT2D eigenvalue weighted by Crippen LogP contribution is -2.36. The third-order valence-corrected chi connectivity index (χ3v) is 4.45. The summed E-state index contributed by atoms with van der Waals surface area (Å²) in [5, 5.41) is 4.16. The second kappa shape index (κ2) is 8.40. The smallest absolute Gasteiger partial charge is 0.289 e. The summed E-state index contributed by atoms with van der Waals surface area (Å²) in [6, 6.07) is 7.62. The van der Waals surface area contributed by atoms with Gasteiger partial charge in [0.05, 0.1) is 23.9 Å². The monoisotopic (exact) mass is 396 g/mol. The molecule has 148 valence electrons. The van der Waals surface area contributed by atoms with Gasteiger partial charge < -0.3 is 9.47 Å². The Hall–Kier alpha value is -1.92. The molecule has 0 spiro atoms. The number of hydrogen-bond acceptors (Lipinski definition) is 4. The van der Waals surface area contributed by atoms with Crippen molar-refractivity contribution >= 4 is 11.6 Å². The minimum absolute atomic E-state index is 0.0114. The summed E-state index contributed by atoms with van der Waals surface area (Å²) in [5.41, 5.74) is 0.412. The highest BCUT2D eigenvalue weighted by Gasteiger charge is 2.22. The van der Waals surface area contributed by atoms with Crippen LogP contribution in [0.5, 0.6) is 5.75 Å². The van der Waals surface area contributed by atoms with Gasteiger partial charge >= 0.3 is 0 Å². The Bertz CT molecular complexity index is 827. The molecule has 7 heteroatoms. The van der Waals surface area contributed by atoms with E-state index in [1.54, 1.807) is 0 Å². The first-order valence-corrected chi connectivity index (χ1v) is 9.14. The summed E-state index contributed by atoms with van der Waals surface area (Å²) in [4.78, 5) is 12.3. The molecule has 0 N–H and O–H groups in total. The fourth-order valence-corrected chi connectivity index (χ4v) is 2.72. The van der Waals surface area contributed by atoms with Crippen LogP contribution in [0.3, 0.4) is 0 Å². The molecule has 0 fully saturated rings. The lowest BCUT2D eigenvalue weighted by atomic mass is 9.97. The highest BCUT2D eigenvalue weighted by molar-refractivity contribution is 6.31.